The number of sulfonamides is 1. The zero-order valence-electron chi connectivity index (χ0n) is 15.9. The van der Waals surface area contributed by atoms with E-state index < -0.39 is 21.7 Å². The van der Waals surface area contributed by atoms with E-state index in [4.69, 9.17) is 0 Å². The summed E-state index contributed by atoms with van der Waals surface area (Å²) in [4.78, 5) is 24.0. The van der Waals surface area contributed by atoms with Gasteiger partial charge in [-0.25, -0.2) is 12.8 Å². The summed E-state index contributed by atoms with van der Waals surface area (Å²) in [5.41, 5.74) is 0.764. The Kier molecular flexibility index (Phi) is 6.17. The van der Waals surface area contributed by atoms with Crippen LogP contribution in [0, 0.1) is 18.7 Å². The van der Waals surface area contributed by atoms with Gasteiger partial charge in [-0.15, -0.1) is 0 Å². The van der Waals surface area contributed by atoms with Gasteiger partial charge in [0.25, 0.3) is 15.9 Å². The number of rotatable bonds is 6. The minimum atomic E-state index is -4.01. The van der Waals surface area contributed by atoms with Gasteiger partial charge in [-0.1, -0.05) is 12.1 Å². The van der Waals surface area contributed by atoms with Crippen LogP contribution in [0.4, 0.5) is 10.1 Å². The molecule has 0 aromatic heterocycles. The summed E-state index contributed by atoms with van der Waals surface area (Å²) >= 11 is 0. The molecule has 29 heavy (non-hydrogen) atoms. The lowest BCUT2D eigenvalue weighted by atomic mass is 9.98. The van der Waals surface area contributed by atoms with Gasteiger partial charge in [-0.3, -0.25) is 14.3 Å². The average molecular weight is 419 g/mol. The molecule has 9 heteroatoms. The summed E-state index contributed by atoms with van der Waals surface area (Å²) in [6.07, 6.45) is 1.57. The maximum absolute atomic E-state index is 13.7. The first-order valence-electron chi connectivity index (χ1n) is 9.21. The van der Waals surface area contributed by atoms with E-state index in [1.807, 2.05) is 0 Å². The first kappa shape index (κ1) is 20.8. The minimum Gasteiger partial charge on any atom is -0.356 e. The molecule has 1 saturated heterocycles. The molecule has 1 heterocycles. The molecule has 0 radical (unpaired) electrons. The highest BCUT2D eigenvalue weighted by atomic mass is 32.2. The summed E-state index contributed by atoms with van der Waals surface area (Å²) in [7, 11) is -4.01. The van der Waals surface area contributed by atoms with Crippen LogP contribution in [0.25, 0.3) is 0 Å². The molecule has 0 saturated carbocycles. The van der Waals surface area contributed by atoms with Crippen molar-refractivity contribution in [2.45, 2.75) is 24.7 Å². The van der Waals surface area contributed by atoms with Crippen molar-refractivity contribution in [3.8, 4) is 0 Å². The minimum absolute atomic E-state index is 0.0802. The highest BCUT2D eigenvalue weighted by molar-refractivity contribution is 7.92. The van der Waals surface area contributed by atoms with E-state index in [0.717, 1.165) is 12.5 Å². The normalized spacial score (nSPS) is 16.8. The number of benzene rings is 2. The molecule has 1 atom stereocenters. The van der Waals surface area contributed by atoms with Gasteiger partial charge in [0.1, 0.15) is 5.82 Å². The molecule has 2 aromatic carbocycles. The Balaban J connectivity index is 1.69. The summed E-state index contributed by atoms with van der Waals surface area (Å²) in [5, 5.41) is 5.47. The van der Waals surface area contributed by atoms with E-state index in [2.05, 4.69) is 15.4 Å². The molecule has 1 aliphatic heterocycles. The summed E-state index contributed by atoms with van der Waals surface area (Å²) in [5.74, 6) is -1.38. The Morgan fingerprint density at radius 2 is 2.03 bits per heavy atom. The number of hydrogen-bond donors (Lipinski definition) is 3. The number of hydrogen-bond acceptors (Lipinski definition) is 4. The summed E-state index contributed by atoms with van der Waals surface area (Å²) in [6.45, 7) is 2.40. The van der Waals surface area contributed by atoms with Crippen molar-refractivity contribution in [3.63, 3.8) is 0 Å². The second-order valence-electron chi connectivity index (χ2n) is 6.94. The molecule has 1 fully saturated rings. The van der Waals surface area contributed by atoms with Gasteiger partial charge in [0.05, 0.1) is 10.8 Å². The molecule has 0 spiro atoms. The van der Waals surface area contributed by atoms with Gasteiger partial charge < -0.3 is 10.6 Å². The second kappa shape index (κ2) is 8.60. The topological polar surface area (TPSA) is 104 Å². The van der Waals surface area contributed by atoms with E-state index in [0.29, 0.717) is 18.5 Å². The van der Waals surface area contributed by atoms with Crippen LogP contribution in [0.1, 0.15) is 28.8 Å². The van der Waals surface area contributed by atoms with Crippen LogP contribution >= 0.6 is 0 Å². The summed E-state index contributed by atoms with van der Waals surface area (Å²) < 4.78 is 41.0. The Morgan fingerprint density at radius 1 is 1.24 bits per heavy atom. The van der Waals surface area contributed by atoms with Gasteiger partial charge in [-0.05, 0) is 55.7 Å². The maximum Gasteiger partial charge on any atom is 0.261 e. The Morgan fingerprint density at radius 3 is 2.76 bits per heavy atom. The lowest BCUT2D eigenvalue weighted by Gasteiger charge is -2.22. The van der Waals surface area contributed by atoms with Crippen molar-refractivity contribution in [3.05, 3.63) is 59.4 Å². The molecule has 0 unspecified atom stereocenters. The van der Waals surface area contributed by atoms with E-state index in [1.165, 1.54) is 37.3 Å². The predicted octanol–water partition coefficient (Wildman–Crippen LogP) is 2.19. The average Bonchev–Trinajstić information content (AvgIpc) is 2.69. The Hall–Kier alpha value is -2.94. The van der Waals surface area contributed by atoms with Crippen molar-refractivity contribution < 1.29 is 22.4 Å². The molecule has 2 aromatic rings. The van der Waals surface area contributed by atoms with E-state index in [1.54, 1.807) is 6.07 Å². The van der Waals surface area contributed by atoms with E-state index >= 15 is 0 Å². The van der Waals surface area contributed by atoms with Gasteiger partial charge in [0.15, 0.2) is 0 Å². The van der Waals surface area contributed by atoms with E-state index in [-0.39, 0.29) is 34.5 Å². The lowest BCUT2D eigenvalue weighted by Crippen LogP contribution is -2.42. The third-order valence-corrected chi connectivity index (χ3v) is 6.12. The molecular formula is C20H22FN3O4S. The largest absolute Gasteiger partial charge is 0.356 e. The molecule has 2 amide bonds. The van der Waals surface area contributed by atoms with Crippen LogP contribution in [-0.4, -0.2) is 33.3 Å². The fourth-order valence-electron chi connectivity index (χ4n) is 3.03. The lowest BCUT2D eigenvalue weighted by molar-refractivity contribution is -0.126. The molecule has 7 nitrogen and oxygen atoms in total. The summed E-state index contributed by atoms with van der Waals surface area (Å²) in [6, 6.07) is 9.60. The quantitative estimate of drug-likeness (QED) is 0.668. The SMILES string of the molecule is Cc1ccc(S(=O)(=O)Nc2cccc(C(=O)NC[C@H]3CCCNC3=O)c2)cc1F. The monoisotopic (exact) mass is 419 g/mol. The molecule has 154 valence electrons. The third-order valence-electron chi connectivity index (χ3n) is 4.74. The first-order valence-corrected chi connectivity index (χ1v) is 10.7. The smallest absolute Gasteiger partial charge is 0.261 e. The van der Waals surface area contributed by atoms with Crippen LogP contribution in [0.2, 0.25) is 0 Å². The molecule has 0 bridgehead atoms. The maximum atomic E-state index is 13.7. The van der Waals surface area contributed by atoms with Crippen LogP contribution in [0.15, 0.2) is 47.4 Å². The molecule has 3 rings (SSSR count). The van der Waals surface area contributed by atoms with Crippen molar-refractivity contribution in [2.75, 3.05) is 17.8 Å². The zero-order chi connectivity index (χ0) is 21.0. The fourth-order valence-corrected chi connectivity index (χ4v) is 4.09. The number of piperidine rings is 1. The number of halogens is 1. The fraction of sp³-hybridized carbons (Fsp3) is 0.300. The van der Waals surface area contributed by atoms with Crippen molar-refractivity contribution in [2.24, 2.45) is 5.92 Å². The third kappa shape index (κ3) is 5.11. The number of aryl methyl sites for hydroxylation is 1. The van der Waals surface area contributed by atoms with Crippen LogP contribution in [0.3, 0.4) is 0 Å². The van der Waals surface area contributed by atoms with Crippen molar-refractivity contribution >= 4 is 27.5 Å². The molecule has 1 aliphatic rings. The Labute approximate surface area is 168 Å². The number of amides is 2. The number of carbonyl (C=O) groups is 2. The first-order chi connectivity index (χ1) is 13.8. The Bertz CT molecular complexity index is 1040. The van der Waals surface area contributed by atoms with Gasteiger partial charge in [-0.2, -0.15) is 0 Å². The molecule has 3 N–H and O–H groups in total. The van der Waals surface area contributed by atoms with Crippen LogP contribution < -0.4 is 15.4 Å². The zero-order valence-corrected chi connectivity index (χ0v) is 16.7. The van der Waals surface area contributed by atoms with Crippen molar-refractivity contribution in [1.29, 1.82) is 0 Å². The van der Waals surface area contributed by atoms with Gasteiger partial charge in [0.2, 0.25) is 5.91 Å². The predicted molar refractivity (Wildman–Crippen MR) is 106 cm³/mol. The number of anilines is 1. The standard InChI is InChI=1S/C20H22FN3O4S/c1-13-7-8-17(11-18(13)21)29(27,28)24-16-6-2-4-14(10-16)19(25)23-12-15-5-3-9-22-20(15)26/h2,4,6-8,10-11,15,24H,3,5,9,12H2,1H3,(H,22,26)(H,23,25)/t15-/m1/s1. The second-order valence-corrected chi connectivity index (χ2v) is 8.62. The van der Waals surface area contributed by atoms with Crippen molar-refractivity contribution in [1.82, 2.24) is 10.6 Å². The van der Waals surface area contributed by atoms with E-state index in [9.17, 15) is 22.4 Å². The number of nitrogens with one attached hydrogen (secondary N) is 3. The van der Waals surface area contributed by atoms with Crippen LogP contribution in [0.5, 0.6) is 0 Å². The van der Waals surface area contributed by atoms with Crippen LogP contribution in [-0.2, 0) is 14.8 Å². The highest BCUT2D eigenvalue weighted by Gasteiger charge is 2.22. The van der Waals surface area contributed by atoms with Gasteiger partial charge in [0, 0.05) is 24.3 Å². The van der Waals surface area contributed by atoms with Gasteiger partial charge >= 0.3 is 0 Å². The highest BCUT2D eigenvalue weighted by Crippen LogP contribution is 2.19. The molecule has 0 aliphatic carbocycles. The number of carbonyl (C=O) groups excluding carboxylic acids is 2. The molecular weight excluding hydrogens is 397 g/mol.